The van der Waals surface area contributed by atoms with E-state index in [-0.39, 0.29) is 31.4 Å². The normalized spacial score (nSPS) is 20.7. The Kier molecular flexibility index (Phi) is 7.52. The molecule has 0 aliphatic carbocycles. The van der Waals surface area contributed by atoms with Gasteiger partial charge < -0.3 is 15.0 Å². The molecule has 2 aliphatic heterocycles. The van der Waals surface area contributed by atoms with E-state index in [1.54, 1.807) is 36.4 Å². The van der Waals surface area contributed by atoms with Crippen LogP contribution in [-0.4, -0.2) is 72.3 Å². The van der Waals surface area contributed by atoms with Crippen molar-refractivity contribution in [3.63, 3.8) is 0 Å². The molecule has 35 heavy (non-hydrogen) atoms. The van der Waals surface area contributed by atoms with Gasteiger partial charge in [-0.05, 0) is 30.4 Å². The van der Waals surface area contributed by atoms with Crippen LogP contribution in [0.3, 0.4) is 0 Å². The number of carbonyl (C=O) groups excluding carboxylic acids is 4. The average molecular weight is 498 g/mol. The van der Waals surface area contributed by atoms with Gasteiger partial charge in [0.25, 0.3) is 11.8 Å². The van der Waals surface area contributed by atoms with E-state index in [0.29, 0.717) is 36.5 Å². The molecule has 0 aromatic heterocycles. The predicted octanol–water partition coefficient (Wildman–Crippen LogP) is 2.94. The molecular formula is C26H28ClN3O5. The Balaban J connectivity index is 1.55. The van der Waals surface area contributed by atoms with Gasteiger partial charge in [-0.3, -0.25) is 19.3 Å². The zero-order valence-corrected chi connectivity index (χ0v) is 20.3. The second-order valence-electron chi connectivity index (χ2n) is 8.88. The van der Waals surface area contributed by atoms with Gasteiger partial charge in [0.05, 0.1) is 13.2 Å². The van der Waals surface area contributed by atoms with Gasteiger partial charge in [0, 0.05) is 37.2 Å². The van der Waals surface area contributed by atoms with Crippen LogP contribution in [-0.2, 0) is 20.7 Å². The molecule has 0 bridgehead atoms. The van der Waals surface area contributed by atoms with Gasteiger partial charge in [0.1, 0.15) is 5.54 Å². The third-order valence-electron chi connectivity index (χ3n) is 6.86. The lowest BCUT2D eigenvalue weighted by atomic mass is 9.73. The fourth-order valence-corrected chi connectivity index (χ4v) is 5.15. The van der Waals surface area contributed by atoms with Crippen molar-refractivity contribution in [1.29, 1.82) is 0 Å². The molecule has 4 amide bonds. The minimum absolute atomic E-state index is 0.147. The summed E-state index contributed by atoms with van der Waals surface area (Å²) >= 11 is 6.42. The lowest BCUT2D eigenvalue weighted by Gasteiger charge is -2.41. The third kappa shape index (κ3) is 4.94. The highest BCUT2D eigenvalue weighted by Crippen LogP contribution is 2.37. The van der Waals surface area contributed by atoms with Gasteiger partial charge >= 0.3 is 6.03 Å². The van der Waals surface area contributed by atoms with E-state index in [4.69, 9.17) is 16.3 Å². The smallest absolute Gasteiger partial charge is 0.325 e. The van der Waals surface area contributed by atoms with Gasteiger partial charge in [0.2, 0.25) is 5.78 Å². The van der Waals surface area contributed by atoms with Crippen molar-refractivity contribution in [2.75, 3.05) is 33.4 Å². The molecule has 2 saturated heterocycles. The number of nitrogens with zero attached hydrogens (tertiary/aromatic N) is 2. The van der Waals surface area contributed by atoms with E-state index in [1.807, 2.05) is 18.2 Å². The summed E-state index contributed by atoms with van der Waals surface area (Å²) in [5.74, 6) is -1.66. The molecule has 1 atom stereocenters. The molecule has 0 radical (unpaired) electrons. The number of methoxy groups -OCH3 is 1. The van der Waals surface area contributed by atoms with Gasteiger partial charge in [-0.15, -0.1) is 0 Å². The summed E-state index contributed by atoms with van der Waals surface area (Å²) in [4.78, 5) is 54.7. The van der Waals surface area contributed by atoms with Crippen molar-refractivity contribution in [2.45, 2.75) is 24.8 Å². The molecule has 2 heterocycles. The van der Waals surface area contributed by atoms with Crippen LogP contribution in [0.4, 0.5) is 4.79 Å². The Morgan fingerprint density at radius 1 is 1.06 bits per heavy atom. The van der Waals surface area contributed by atoms with Crippen molar-refractivity contribution in [2.24, 2.45) is 5.92 Å². The Hall–Kier alpha value is -3.23. The standard InChI is InChI=1S/C26H28ClN3O5/c1-35-16-15-30-24(33)26(28-25(30)34,17-19-9-5-6-10-21(19)27)20-11-13-29(14-12-20)23(32)22(31)18-7-3-2-4-8-18/h2-10,20H,11-17H2,1H3,(H,28,34)/t26-/m0/s1. The highest BCUT2D eigenvalue weighted by Gasteiger charge is 2.56. The molecule has 184 valence electrons. The lowest BCUT2D eigenvalue weighted by molar-refractivity contribution is -0.135. The number of piperidine rings is 1. The van der Waals surface area contributed by atoms with Gasteiger partial charge in [-0.2, -0.15) is 0 Å². The molecule has 2 aliphatic rings. The number of amides is 4. The highest BCUT2D eigenvalue weighted by molar-refractivity contribution is 6.42. The van der Waals surface area contributed by atoms with Crippen LogP contribution in [0.25, 0.3) is 0 Å². The van der Waals surface area contributed by atoms with Crippen LogP contribution in [0, 0.1) is 5.92 Å². The van der Waals surface area contributed by atoms with E-state index in [9.17, 15) is 19.2 Å². The summed E-state index contributed by atoms with van der Waals surface area (Å²) < 4.78 is 5.08. The van der Waals surface area contributed by atoms with Crippen molar-refractivity contribution in [3.8, 4) is 0 Å². The van der Waals surface area contributed by atoms with Crippen molar-refractivity contribution < 1.29 is 23.9 Å². The zero-order valence-electron chi connectivity index (χ0n) is 19.5. The first-order valence-corrected chi connectivity index (χ1v) is 12.0. The number of imide groups is 1. The van der Waals surface area contributed by atoms with Gasteiger partial charge in [-0.1, -0.05) is 60.1 Å². The van der Waals surface area contributed by atoms with E-state index >= 15 is 0 Å². The highest BCUT2D eigenvalue weighted by atomic mass is 35.5. The molecule has 0 saturated carbocycles. The van der Waals surface area contributed by atoms with Crippen LogP contribution >= 0.6 is 11.6 Å². The maximum absolute atomic E-state index is 13.7. The predicted molar refractivity (Wildman–Crippen MR) is 130 cm³/mol. The molecule has 9 heteroatoms. The molecule has 4 rings (SSSR count). The second-order valence-corrected chi connectivity index (χ2v) is 9.29. The number of halogens is 1. The summed E-state index contributed by atoms with van der Waals surface area (Å²) in [5, 5.41) is 3.49. The minimum Gasteiger partial charge on any atom is -0.383 e. The fraction of sp³-hybridized carbons (Fsp3) is 0.385. The molecule has 2 aromatic rings. The van der Waals surface area contributed by atoms with Crippen LogP contribution in [0.2, 0.25) is 5.02 Å². The number of hydrogen-bond acceptors (Lipinski definition) is 5. The van der Waals surface area contributed by atoms with Gasteiger partial charge in [-0.25, -0.2) is 4.79 Å². The number of likely N-dealkylation sites (tertiary alicyclic amines) is 1. The first kappa shape index (κ1) is 24.9. The van der Waals surface area contributed by atoms with Crippen molar-refractivity contribution in [1.82, 2.24) is 15.1 Å². The van der Waals surface area contributed by atoms with E-state index in [0.717, 1.165) is 5.56 Å². The molecule has 0 unspecified atom stereocenters. The third-order valence-corrected chi connectivity index (χ3v) is 7.23. The number of ketones is 1. The largest absolute Gasteiger partial charge is 0.383 e. The lowest BCUT2D eigenvalue weighted by Crippen LogP contribution is -2.58. The van der Waals surface area contributed by atoms with Crippen LogP contribution in [0.1, 0.15) is 28.8 Å². The summed E-state index contributed by atoms with van der Waals surface area (Å²) in [6.07, 6.45) is 1.16. The molecule has 0 spiro atoms. The Labute approximate surface area is 209 Å². The number of benzene rings is 2. The van der Waals surface area contributed by atoms with E-state index < -0.39 is 23.3 Å². The molecule has 2 fully saturated rings. The summed E-state index contributed by atoms with van der Waals surface area (Å²) in [6, 6.07) is 15.2. The van der Waals surface area contributed by atoms with Crippen LogP contribution < -0.4 is 5.32 Å². The summed E-state index contributed by atoms with van der Waals surface area (Å²) in [7, 11) is 1.51. The van der Waals surface area contributed by atoms with Crippen LogP contribution in [0.15, 0.2) is 54.6 Å². The maximum Gasteiger partial charge on any atom is 0.325 e. The van der Waals surface area contributed by atoms with E-state index in [1.165, 1.54) is 16.9 Å². The zero-order chi connectivity index (χ0) is 25.0. The monoisotopic (exact) mass is 497 g/mol. The number of rotatable bonds is 8. The number of hydrogen-bond donors (Lipinski definition) is 1. The topological polar surface area (TPSA) is 96.0 Å². The average Bonchev–Trinajstić information content (AvgIpc) is 3.13. The van der Waals surface area contributed by atoms with Crippen LogP contribution in [0.5, 0.6) is 0 Å². The Bertz CT molecular complexity index is 1120. The molecule has 2 aromatic carbocycles. The Morgan fingerprint density at radius 3 is 2.37 bits per heavy atom. The van der Waals surface area contributed by atoms with Crippen molar-refractivity contribution in [3.05, 3.63) is 70.7 Å². The number of nitrogens with one attached hydrogen (secondary N) is 1. The van der Waals surface area contributed by atoms with E-state index in [2.05, 4.69) is 5.32 Å². The summed E-state index contributed by atoms with van der Waals surface area (Å²) in [5.41, 5.74) is -0.0787. The first-order chi connectivity index (χ1) is 16.9. The maximum atomic E-state index is 13.7. The molecule has 1 N–H and O–H groups in total. The number of ether oxygens (including phenoxy) is 1. The number of urea groups is 1. The SMILES string of the molecule is COCCN1C(=O)N[C@@](Cc2ccccc2Cl)(C2CCN(C(=O)C(=O)c3ccccc3)CC2)C1=O. The quantitative estimate of drug-likeness (QED) is 0.343. The summed E-state index contributed by atoms with van der Waals surface area (Å²) in [6.45, 7) is 1.01. The minimum atomic E-state index is -1.19. The molecule has 8 nitrogen and oxygen atoms in total. The second kappa shape index (κ2) is 10.6. The number of carbonyl (C=O) groups is 4. The Morgan fingerprint density at radius 2 is 1.71 bits per heavy atom. The molecular weight excluding hydrogens is 470 g/mol. The van der Waals surface area contributed by atoms with Gasteiger partial charge in [0.15, 0.2) is 0 Å². The van der Waals surface area contributed by atoms with Crippen molar-refractivity contribution >= 4 is 35.2 Å². The first-order valence-electron chi connectivity index (χ1n) is 11.6. The number of Topliss-reactive ketones (excluding diaryl/α,β-unsaturated/α-hetero) is 1. The fourth-order valence-electron chi connectivity index (χ4n) is 4.95.